The van der Waals surface area contributed by atoms with Crippen molar-refractivity contribution in [3.8, 4) is 11.5 Å². The summed E-state index contributed by atoms with van der Waals surface area (Å²) < 4.78 is 12.1. The van der Waals surface area contributed by atoms with E-state index in [2.05, 4.69) is 36.8 Å². The van der Waals surface area contributed by atoms with Crippen LogP contribution in [0.2, 0.25) is 0 Å². The zero-order valence-electron chi connectivity index (χ0n) is 11.3. The van der Waals surface area contributed by atoms with E-state index in [0.29, 0.717) is 6.61 Å². The fourth-order valence-corrected chi connectivity index (χ4v) is 3.02. The van der Waals surface area contributed by atoms with Crippen LogP contribution in [0.1, 0.15) is 17.0 Å². The molecule has 0 aliphatic heterocycles. The molecule has 1 heterocycles. The lowest BCUT2D eigenvalue weighted by atomic mass is 10.2. The Morgan fingerprint density at radius 3 is 2.65 bits per heavy atom. The van der Waals surface area contributed by atoms with Crippen molar-refractivity contribution in [1.82, 2.24) is 4.98 Å². The Labute approximate surface area is 135 Å². The molecule has 0 N–H and O–H groups in total. The van der Waals surface area contributed by atoms with Crippen LogP contribution in [0.5, 0.6) is 11.5 Å². The van der Waals surface area contributed by atoms with E-state index in [1.807, 2.05) is 37.3 Å². The Morgan fingerprint density at radius 2 is 1.95 bits per heavy atom. The number of aromatic nitrogens is 1. The molecule has 1 aromatic carbocycles. The summed E-state index contributed by atoms with van der Waals surface area (Å²) in [5.41, 5.74) is 2.92. The lowest BCUT2D eigenvalue weighted by Gasteiger charge is -2.10. The van der Waals surface area contributed by atoms with E-state index in [9.17, 15) is 0 Å². The van der Waals surface area contributed by atoms with Crippen LogP contribution in [-0.4, -0.2) is 12.1 Å². The molecule has 0 fully saturated rings. The molecule has 3 nitrogen and oxygen atoms in total. The second kappa shape index (κ2) is 7.09. The molecule has 0 saturated heterocycles. The van der Waals surface area contributed by atoms with Gasteiger partial charge in [-0.2, -0.15) is 0 Å². The van der Waals surface area contributed by atoms with Gasteiger partial charge >= 0.3 is 0 Å². The van der Waals surface area contributed by atoms with Crippen molar-refractivity contribution in [1.29, 1.82) is 0 Å². The second-order valence-corrected chi connectivity index (χ2v) is 5.73. The van der Waals surface area contributed by atoms with Gasteiger partial charge in [-0.3, -0.25) is 4.98 Å². The molecule has 106 valence electrons. The highest BCUT2D eigenvalue weighted by Crippen LogP contribution is 2.25. The van der Waals surface area contributed by atoms with Crippen molar-refractivity contribution in [2.75, 3.05) is 7.11 Å². The van der Waals surface area contributed by atoms with Crippen molar-refractivity contribution in [2.45, 2.75) is 18.9 Å². The van der Waals surface area contributed by atoms with Gasteiger partial charge in [0, 0.05) is 27.6 Å². The van der Waals surface area contributed by atoms with E-state index in [1.165, 1.54) is 0 Å². The molecule has 2 rings (SSSR count). The third-order valence-corrected chi connectivity index (χ3v) is 4.14. The number of nitrogens with zero attached hydrogens (tertiary/aromatic N) is 1. The van der Waals surface area contributed by atoms with Crippen molar-refractivity contribution in [3.63, 3.8) is 0 Å². The van der Waals surface area contributed by atoms with Crippen LogP contribution < -0.4 is 9.47 Å². The maximum Gasteiger partial charge on any atom is 0.130 e. The van der Waals surface area contributed by atoms with Gasteiger partial charge in [-0.15, -0.1) is 0 Å². The molecule has 0 aliphatic carbocycles. The van der Waals surface area contributed by atoms with Gasteiger partial charge in [0.1, 0.15) is 18.1 Å². The van der Waals surface area contributed by atoms with Crippen LogP contribution in [0.15, 0.2) is 34.8 Å². The molecule has 0 unspecified atom stereocenters. The van der Waals surface area contributed by atoms with Gasteiger partial charge in [-0.25, -0.2) is 0 Å². The summed E-state index contributed by atoms with van der Waals surface area (Å²) in [7, 11) is 1.65. The topological polar surface area (TPSA) is 31.4 Å². The second-order valence-electron chi connectivity index (χ2n) is 4.32. The SMILES string of the molecule is COc1cc(C)nc(COc2ccc(Br)c(CBr)c2)c1. The first kappa shape index (κ1) is 15.3. The van der Waals surface area contributed by atoms with Gasteiger partial charge in [0.25, 0.3) is 0 Å². The number of methoxy groups -OCH3 is 1. The molecular formula is C15H15Br2NO2. The minimum absolute atomic E-state index is 0.418. The summed E-state index contributed by atoms with van der Waals surface area (Å²) in [4.78, 5) is 4.43. The molecule has 20 heavy (non-hydrogen) atoms. The third kappa shape index (κ3) is 3.96. The molecule has 0 amide bonds. The maximum absolute atomic E-state index is 5.78. The normalized spacial score (nSPS) is 10.4. The Morgan fingerprint density at radius 1 is 1.15 bits per heavy atom. The standard InChI is InChI=1S/C15H15Br2NO2/c1-10-5-14(19-2)7-12(18-10)9-20-13-3-4-15(17)11(6-13)8-16/h3-7H,8-9H2,1-2H3. The highest BCUT2D eigenvalue weighted by atomic mass is 79.9. The monoisotopic (exact) mass is 399 g/mol. The van der Waals surface area contributed by atoms with Gasteiger partial charge in [0.05, 0.1) is 12.8 Å². The van der Waals surface area contributed by atoms with Crippen molar-refractivity contribution < 1.29 is 9.47 Å². The molecule has 1 aromatic heterocycles. The lowest BCUT2D eigenvalue weighted by molar-refractivity contribution is 0.299. The molecule has 0 bridgehead atoms. The number of halogens is 2. The van der Waals surface area contributed by atoms with Crippen molar-refractivity contribution in [2.24, 2.45) is 0 Å². The Bertz CT molecular complexity index is 602. The number of rotatable bonds is 5. The average Bonchev–Trinajstić information content (AvgIpc) is 2.45. The summed E-state index contributed by atoms with van der Waals surface area (Å²) in [5, 5.41) is 0.779. The highest BCUT2D eigenvalue weighted by molar-refractivity contribution is 9.10. The zero-order valence-corrected chi connectivity index (χ0v) is 14.5. The first-order valence-electron chi connectivity index (χ1n) is 6.11. The first-order valence-corrected chi connectivity index (χ1v) is 8.02. The van der Waals surface area contributed by atoms with Crippen LogP contribution >= 0.6 is 31.9 Å². The summed E-state index contributed by atoms with van der Waals surface area (Å²) in [6.07, 6.45) is 0. The van der Waals surface area contributed by atoms with Gasteiger partial charge in [0.15, 0.2) is 0 Å². The van der Waals surface area contributed by atoms with Crippen LogP contribution in [0, 0.1) is 6.92 Å². The fourth-order valence-electron chi connectivity index (χ4n) is 1.80. The van der Waals surface area contributed by atoms with Crippen molar-refractivity contribution >= 4 is 31.9 Å². The minimum Gasteiger partial charge on any atom is -0.497 e. The summed E-state index contributed by atoms with van der Waals surface area (Å²) >= 11 is 6.95. The van der Waals surface area contributed by atoms with Crippen LogP contribution in [0.4, 0.5) is 0 Å². The van der Waals surface area contributed by atoms with E-state index in [1.54, 1.807) is 7.11 Å². The zero-order chi connectivity index (χ0) is 14.5. The van der Waals surface area contributed by atoms with Crippen LogP contribution in [0.3, 0.4) is 0 Å². The summed E-state index contributed by atoms with van der Waals surface area (Å²) in [5.74, 6) is 1.62. The number of hydrogen-bond donors (Lipinski definition) is 0. The van der Waals surface area contributed by atoms with E-state index in [0.717, 1.165) is 38.3 Å². The average molecular weight is 401 g/mol. The quantitative estimate of drug-likeness (QED) is 0.685. The highest BCUT2D eigenvalue weighted by Gasteiger charge is 2.04. The van der Waals surface area contributed by atoms with Gasteiger partial charge in [-0.1, -0.05) is 31.9 Å². The lowest BCUT2D eigenvalue weighted by Crippen LogP contribution is -2.01. The van der Waals surface area contributed by atoms with Gasteiger partial charge < -0.3 is 9.47 Å². The molecule has 5 heteroatoms. The first-order chi connectivity index (χ1) is 9.62. The molecular weight excluding hydrogens is 386 g/mol. The maximum atomic E-state index is 5.78. The molecule has 0 radical (unpaired) electrons. The number of benzene rings is 1. The summed E-state index contributed by atoms with van der Waals surface area (Å²) in [6, 6.07) is 9.70. The molecule has 0 aliphatic rings. The van der Waals surface area contributed by atoms with Crippen LogP contribution in [-0.2, 0) is 11.9 Å². The number of hydrogen-bond acceptors (Lipinski definition) is 3. The molecule has 0 atom stereocenters. The number of aryl methyl sites for hydroxylation is 1. The fraction of sp³-hybridized carbons (Fsp3) is 0.267. The molecule has 0 spiro atoms. The number of alkyl halides is 1. The Kier molecular flexibility index (Phi) is 5.43. The molecule has 0 saturated carbocycles. The van der Waals surface area contributed by atoms with E-state index in [4.69, 9.17) is 9.47 Å². The molecule has 2 aromatic rings. The van der Waals surface area contributed by atoms with E-state index < -0.39 is 0 Å². The minimum atomic E-state index is 0.418. The van der Waals surface area contributed by atoms with E-state index in [-0.39, 0.29) is 0 Å². The Balaban J connectivity index is 2.10. The smallest absolute Gasteiger partial charge is 0.130 e. The Hall–Kier alpha value is -1.07. The van der Waals surface area contributed by atoms with Gasteiger partial charge in [0.2, 0.25) is 0 Å². The number of pyridine rings is 1. The number of ether oxygens (including phenoxy) is 2. The predicted octanol–water partition coefficient (Wildman–Crippen LogP) is 4.64. The third-order valence-electron chi connectivity index (χ3n) is 2.76. The van der Waals surface area contributed by atoms with Gasteiger partial charge in [-0.05, 0) is 30.7 Å². The van der Waals surface area contributed by atoms with Crippen LogP contribution in [0.25, 0.3) is 0 Å². The van der Waals surface area contributed by atoms with E-state index >= 15 is 0 Å². The van der Waals surface area contributed by atoms with Crippen molar-refractivity contribution in [3.05, 3.63) is 51.8 Å². The predicted molar refractivity (Wildman–Crippen MR) is 86.6 cm³/mol. The largest absolute Gasteiger partial charge is 0.497 e. The summed E-state index contributed by atoms with van der Waals surface area (Å²) in [6.45, 7) is 2.36.